The van der Waals surface area contributed by atoms with Gasteiger partial charge in [0.1, 0.15) is 11.5 Å². The highest BCUT2D eigenvalue weighted by molar-refractivity contribution is 5.76. The second-order valence-electron chi connectivity index (χ2n) is 6.52. The molecule has 1 fully saturated rings. The molecule has 1 saturated heterocycles. The Kier molecular flexibility index (Phi) is 7.89. The first-order valence-electron chi connectivity index (χ1n) is 8.93. The maximum absolute atomic E-state index is 12.0. The number of piperidine rings is 1. The molecular formula is C19H30N2O3. The fourth-order valence-corrected chi connectivity index (χ4v) is 3.06. The minimum atomic E-state index is 0.150. The Morgan fingerprint density at radius 3 is 2.75 bits per heavy atom. The van der Waals surface area contributed by atoms with Crippen molar-refractivity contribution in [2.45, 2.75) is 32.6 Å². The molecule has 1 amide bonds. The maximum atomic E-state index is 12.0. The van der Waals surface area contributed by atoms with Crippen molar-refractivity contribution >= 4 is 5.91 Å². The highest BCUT2D eigenvalue weighted by Crippen LogP contribution is 2.22. The van der Waals surface area contributed by atoms with Crippen LogP contribution in [0.15, 0.2) is 24.3 Å². The van der Waals surface area contributed by atoms with E-state index in [4.69, 9.17) is 9.47 Å². The molecule has 0 aliphatic carbocycles. The molecule has 1 aliphatic rings. The standard InChI is InChI=1S/C19H30N2O3/c1-15(16-5-3-10-20-14-16)13-19(22)21-11-4-12-24-18-8-6-17(23-2)7-9-18/h6-9,15-16,20H,3-5,10-14H2,1-2H3,(H,21,22). The van der Waals surface area contributed by atoms with Crippen LogP contribution in [0.2, 0.25) is 0 Å². The zero-order chi connectivity index (χ0) is 17.2. The van der Waals surface area contributed by atoms with Crippen molar-refractivity contribution in [3.63, 3.8) is 0 Å². The molecular weight excluding hydrogens is 304 g/mol. The average Bonchev–Trinajstić information content (AvgIpc) is 2.62. The molecule has 0 spiro atoms. The summed E-state index contributed by atoms with van der Waals surface area (Å²) in [4.78, 5) is 12.0. The summed E-state index contributed by atoms with van der Waals surface area (Å²) in [6.45, 7) is 5.59. The van der Waals surface area contributed by atoms with Gasteiger partial charge in [-0.15, -0.1) is 0 Å². The van der Waals surface area contributed by atoms with Crippen LogP contribution in [0.5, 0.6) is 11.5 Å². The number of hydrogen-bond acceptors (Lipinski definition) is 4. The van der Waals surface area contributed by atoms with E-state index in [2.05, 4.69) is 17.6 Å². The van der Waals surface area contributed by atoms with Crippen LogP contribution in [0.25, 0.3) is 0 Å². The van der Waals surface area contributed by atoms with E-state index in [1.807, 2.05) is 24.3 Å². The van der Waals surface area contributed by atoms with Gasteiger partial charge in [0.2, 0.25) is 5.91 Å². The molecule has 2 unspecified atom stereocenters. The van der Waals surface area contributed by atoms with Gasteiger partial charge in [-0.1, -0.05) is 6.92 Å². The zero-order valence-corrected chi connectivity index (χ0v) is 14.8. The Morgan fingerprint density at radius 1 is 1.33 bits per heavy atom. The minimum Gasteiger partial charge on any atom is -0.497 e. The van der Waals surface area contributed by atoms with E-state index in [9.17, 15) is 4.79 Å². The van der Waals surface area contributed by atoms with Gasteiger partial charge in [-0.05, 0) is 68.5 Å². The van der Waals surface area contributed by atoms with E-state index < -0.39 is 0 Å². The Hall–Kier alpha value is -1.75. The van der Waals surface area contributed by atoms with Gasteiger partial charge in [0.25, 0.3) is 0 Å². The molecule has 0 radical (unpaired) electrons. The molecule has 5 heteroatoms. The largest absolute Gasteiger partial charge is 0.497 e. The summed E-state index contributed by atoms with van der Waals surface area (Å²) in [7, 11) is 1.64. The van der Waals surface area contributed by atoms with Crippen LogP contribution >= 0.6 is 0 Å². The number of nitrogens with one attached hydrogen (secondary N) is 2. The summed E-state index contributed by atoms with van der Waals surface area (Å²) < 4.78 is 10.8. The first-order chi connectivity index (χ1) is 11.7. The van der Waals surface area contributed by atoms with Gasteiger partial charge in [0.05, 0.1) is 13.7 Å². The fourth-order valence-electron chi connectivity index (χ4n) is 3.06. The Bertz CT molecular complexity index is 484. The van der Waals surface area contributed by atoms with Crippen LogP contribution in [0.3, 0.4) is 0 Å². The number of carbonyl (C=O) groups excluding carboxylic acids is 1. The molecule has 0 aromatic heterocycles. The molecule has 2 atom stereocenters. The molecule has 2 rings (SSSR count). The fraction of sp³-hybridized carbons (Fsp3) is 0.632. The number of hydrogen-bond donors (Lipinski definition) is 2. The van der Waals surface area contributed by atoms with Crippen LogP contribution < -0.4 is 20.1 Å². The van der Waals surface area contributed by atoms with Gasteiger partial charge in [-0.3, -0.25) is 4.79 Å². The van der Waals surface area contributed by atoms with Crippen LogP contribution in [0, 0.1) is 11.8 Å². The van der Waals surface area contributed by atoms with Crippen LogP contribution in [0.1, 0.15) is 32.6 Å². The number of amides is 1. The maximum Gasteiger partial charge on any atom is 0.220 e. The molecule has 0 saturated carbocycles. The lowest BCUT2D eigenvalue weighted by Crippen LogP contribution is -2.35. The number of benzene rings is 1. The molecule has 134 valence electrons. The van der Waals surface area contributed by atoms with Gasteiger partial charge in [-0.25, -0.2) is 0 Å². The van der Waals surface area contributed by atoms with E-state index in [1.165, 1.54) is 12.8 Å². The lowest BCUT2D eigenvalue weighted by molar-refractivity contribution is -0.122. The Morgan fingerprint density at radius 2 is 2.08 bits per heavy atom. The Balaban J connectivity index is 1.55. The van der Waals surface area contributed by atoms with Crippen molar-refractivity contribution in [1.29, 1.82) is 0 Å². The van der Waals surface area contributed by atoms with Crippen LogP contribution in [-0.2, 0) is 4.79 Å². The SMILES string of the molecule is COc1ccc(OCCCNC(=O)CC(C)C2CCCNC2)cc1. The third-order valence-electron chi connectivity index (χ3n) is 4.62. The number of rotatable bonds is 9. The van der Waals surface area contributed by atoms with Crippen LogP contribution in [-0.4, -0.2) is 39.3 Å². The molecule has 1 aromatic carbocycles. The molecule has 1 heterocycles. The van der Waals surface area contributed by atoms with Crippen molar-refractivity contribution < 1.29 is 14.3 Å². The highest BCUT2D eigenvalue weighted by atomic mass is 16.5. The summed E-state index contributed by atoms with van der Waals surface area (Å²) in [5.74, 6) is 2.85. The summed E-state index contributed by atoms with van der Waals surface area (Å²) in [6, 6.07) is 7.52. The molecule has 1 aromatic rings. The lowest BCUT2D eigenvalue weighted by atomic mass is 9.85. The normalized spacial score (nSPS) is 18.7. The molecule has 0 bridgehead atoms. The van der Waals surface area contributed by atoms with E-state index in [0.717, 1.165) is 31.0 Å². The number of carbonyl (C=O) groups is 1. The number of methoxy groups -OCH3 is 1. The molecule has 5 nitrogen and oxygen atoms in total. The summed E-state index contributed by atoms with van der Waals surface area (Å²) >= 11 is 0. The molecule has 2 N–H and O–H groups in total. The first-order valence-corrected chi connectivity index (χ1v) is 8.93. The van der Waals surface area contributed by atoms with Gasteiger partial charge in [0.15, 0.2) is 0 Å². The second-order valence-corrected chi connectivity index (χ2v) is 6.52. The summed E-state index contributed by atoms with van der Waals surface area (Å²) in [5.41, 5.74) is 0. The van der Waals surface area contributed by atoms with E-state index in [-0.39, 0.29) is 5.91 Å². The van der Waals surface area contributed by atoms with Crippen molar-refractivity contribution in [3.05, 3.63) is 24.3 Å². The Labute approximate surface area is 145 Å². The predicted octanol–water partition coefficient (Wildman–Crippen LogP) is 2.61. The third-order valence-corrected chi connectivity index (χ3v) is 4.62. The van der Waals surface area contributed by atoms with Crippen molar-refractivity contribution in [1.82, 2.24) is 10.6 Å². The van der Waals surface area contributed by atoms with Crippen molar-refractivity contribution in [3.8, 4) is 11.5 Å². The molecule has 1 aliphatic heterocycles. The van der Waals surface area contributed by atoms with Gasteiger partial charge in [0, 0.05) is 13.0 Å². The monoisotopic (exact) mass is 334 g/mol. The van der Waals surface area contributed by atoms with Crippen molar-refractivity contribution in [2.75, 3.05) is 33.4 Å². The van der Waals surface area contributed by atoms with Crippen LogP contribution in [0.4, 0.5) is 0 Å². The second kappa shape index (κ2) is 10.2. The van der Waals surface area contributed by atoms with Crippen molar-refractivity contribution in [2.24, 2.45) is 11.8 Å². The van der Waals surface area contributed by atoms with E-state index in [1.54, 1.807) is 7.11 Å². The topological polar surface area (TPSA) is 59.6 Å². The van der Waals surface area contributed by atoms with Gasteiger partial charge >= 0.3 is 0 Å². The average molecular weight is 334 g/mol. The quantitative estimate of drug-likeness (QED) is 0.682. The van der Waals surface area contributed by atoms with Gasteiger partial charge < -0.3 is 20.1 Å². The summed E-state index contributed by atoms with van der Waals surface area (Å²) in [6.07, 6.45) is 3.87. The van der Waals surface area contributed by atoms with E-state index in [0.29, 0.717) is 31.4 Å². The first kappa shape index (κ1) is 18.6. The van der Waals surface area contributed by atoms with Gasteiger partial charge in [-0.2, -0.15) is 0 Å². The van der Waals surface area contributed by atoms with E-state index >= 15 is 0 Å². The molecule has 24 heavy (non-hydrogen) atoms. The zero-order valence-electron chi connectivity index (χ0n) is 14.8. The number of ether oxygens (including phenoxy) is 2. The minimum absolute atomic E-state index is 0.150. The predicted molar refractivity (Wildman–Crippen MR) is 95.5 cm³/mol. The summed E-state index contributed by atoms with van der Waals surface area (Å²) in [5, 5.41) is 6.41. The third kappa shape index (κ3) is 6.40. The smallest absolute Gasteiger partial charge is 0.220 e. The highest BCUT2D eigenvalue weighted by Gasteiger charge is 2.21. The lowest BCUT2D eigenvalue weighted by Gasteiger charge is -2.28.